The van der Waals surface area contributed by atoms with Crippen LogP contribution in [0.2, 0.25) is 0 Å². The van der Waals surface area contributed by atoms with Crippen LogP contribution in [0.5, 0.6) is 11.6 Å². The van der Waals surface area contributed by atoms with Crippen LogP contribution in [0.25, 0.3) is 10.9 Å². The lowest BCUT2D eigenvalue weighted by atomic mass is 10.1. The predicted octanol–water partition coefficient (Wildman–Crippen LogP) is 2.74. The average Bonchev–Trinajstić information content (AvgIpc) is 2.95. The van der Waals surface area contributed by atoms with Crippen molar-refractivity contribution in [2.45, 2.75) is 13.0 Å². The topological polar surface area (TPSA) is 54.0 Å². The Morgan fingerprint density at radius 2 is 2.19 bits per heavy atom. The highest BCUT2D eigenvalue weighted by Gasteiger charge is 2.19. The number of nitrogens with one attached hydrogen (secondary N) is 1. The first-order chi connectivity index (χ1) is 10.3. The predicted molar refractivity (Wildman–Crippen MR) is 80.4 cm³/mol. The normalized spacial score (nSPS) is 15.1. The van der Waals surface area contributed by atoms with Crippen molar-refractivity contribution in [3.63, 3.8) is 0 Å². The summed E-state index contributed by atoms with van der Waals surface area (Å²) in [6, 6.07) is 8.04. The Kier molecular flexibility index (Phi) is 2.86. The number of aromatic amines is 1. The largest absolute Gasteiger partial charge is 0.439 e. The molecule has 0 aliphatic carbocycles. The zero-order chi connectivity index (χ0) is 14.2. The van der Waals surface area contributed by atoms with Gasteiger partial charge in [0.05, 0.1) is 5.69 Å². The molecule has 0 spiro atoms. The van der Waals surface area contributed by atoms with Gasteiger partial charge in [-0.15, -0.1) is 0 Å². The van der Waals surface area contributed by atoms with Crippen LogP contribution in [0.1, 0.15) is 11.3 Å². The molecule has 106 valence electrons. The first kappa shape index (κ1) is 12.3. The van der Waals surface area contributed by atoms with Crippen LogP contribution in [0.3, 0.4) is 0 Å². The van der Waals surface area contributed by atoms with Gasteiger partial charge in [0.1, 0.15) is 12.1 Å². The highest BCUT2D eigenvalue weighted by molar-refractivity contribution is 5.80. The quantitative estimate of drug-likeness (QED) is 0.784. The fraction of sp³-hybridized carbons (Fsp3) is 0.250. The molecule has 5 nitrogen and oxygen atoms in total. The van der Waals surface area contributed by atoms with Gasteiger partial charge in [-0.3, -0.25) is 0 Å². The van der Waals surface area contributed by atoms with Crippen LogP contribution in [-0.2, 0) is 13.0 Å². The van der Waals surface area contributed by atoms with E-state index in [9.17, 15) is 0 Å². The van der Waals surface area contributed by atoms with Crippen LogP contribution in [-0.4, -0.2) is 33.4 Å². The molecule has 0 bridgehead atoms. The molecule has 0 amide bonds. The molecular formula is C16H16N4O. The van der Waals surface area contributed by atoms with E-state index in [1.165, 1.54) is 0 Å². The van der Waals surface area contributed by atoms with E-state index in [0.29, 0.717) is 5.88 Å². The number of fused-ring (bicyclic) bond motifs is 2. The van der Waals surface area contributed by atoms with Crippen LogP contribution >= 0.6 is 0 Å². The molecule has 4 rings (SSSR count). The van der Waals surface area contributed by atoms with E-state index in [0.717, 1.165) is 47.4 Å². The van der Waals surface area contributed by atoms with Crippen molar-refractivity contribution in [2.24, 2.45) is 0 Å². The molecule has 0 atom stereocenters. The lowest BCUT2D eigenvalue weighted by molar-refractivity contribution is 0.301. The van der Waals surface area contributed by atoms with Gasteiger partial charge in [0.2, 0.25) is 5.88 Å². The molecule has 5 heteroatoms. The van der Waals surface area contributed by atoms with E-state index in [-0.39, 0.29) is 0 Å². The van der Waals surface area contributed by atoms with E-state index in [1.807, 2.05) is 30.5 Å². The van der Waals surface area contributed by atoms with Gasteiger partial charge in [-0.2, -0.15) is 0 Å². The van der Waals surface area contributed by atoms with E-state index in [4.69, 9.17) is 4.74 Å². The summed E-state index contributed by atoms with van der Waals surface area (Å²) in [5, 5.41) is 1.13. The number of benzene rings is 1. The zero-order valence-corrected chi connectivity index (χ0v) is 11.8. The number of rotatable bonds is 2. The molecule has 0 unspecified atom stereocenters. The van der Waals surface area contributed by atoms with Gasteiger partial charge in [0, 0.05) is 35.8 Å². The summed E-state index contributed by atoms with van der Waals surface area (Å²) in [6.45, 7) is 1.86. The third-order valence-electron chi connectivity index (χ3n) is 3.90. The van der Waals surface area contributed by atoms with E-state index in [1.54, 1.807) is 6.33 Å². The molecule has 1 aliphatic heterocycles. The monoisotopic (exact) mass is 280 g/mol. The van der Waals surface area contributed by atoms with Crippen LogP contribution in [0.4, 0.5) is 0 Å². The molecule has 0 saturated carbocycles. The smallest absolute Gasteiger partial charge is 0.225 e. The Morgan fingerprint density at radius 1 is 1.24 bits per heavy atom. The Hall–Kier alpha value is -2.40. The Morgan fingerprint density at radius 3 is 3.14 bits per heavy atom. The highest BCUT2D eigenvalue weighted by Crippen LogP contribution is 2.29. The first-order valence-corrected chi connectivity index (χ1v) is 7.06. The summed E-state index contributed by atoms with van der Waals surface area (Å²) in [5.74, 6) is 1.49. The summed E-state index contributed by atoms with van der Waals surface area (Å²) in [6.07, 6.45) is 4.44. The summed E-state index contributed by atoms with van der Waals surface area (Å²) in [5.41, 5.74) is 3.30. The van der Waals surface area contributed by atoms with Crippen molar-refractivity contribution in [3.05, 3.63) is 48.0 Å². The molecule has 1 aromatic carbocycles. The second kappa shape index (κ2) is 4.86. The van der Waals surface area contributed by atoms with Crippen molar-refractivity contribution in [3.8, 4) is 11.6 Å². The zero-order valence-electron chi connectivity index (χ0n) is 11.8. The van der Waals surface area contributed by atoms with Gasteiger partial charge >= 0.3 is 0 Å². The van der Waals surface area contributed by atoms with Gasteiger partial charge in [0.25, 0.3) is 0 Å². The first-order valence-electron chi connectivity index (χ1n) is 7.06. The maximum atomic E-state index is 6.01. The maximum absolute atomic E-state index is 6.01. The summed E-state index contributed by atoms with van der Waals surface area (Å²) in [7, 11) is 2.10. The van der Waals surface area contributed by atoms with E-state index in [2.05, 4.69) is 26.9 Å². The second-order valence-corrected chi connectivity index (χ2v) is 5.42. The highest BCUT2D eigenvalue weighted by atomic mass is 16.5. The number of H-pyrrole nitrogens is 1. The molecule has 3 aromatic rings. The molecule has 1 aliphatic rings. The molecule has 1 N–H and O–H groups in total. The van der Waals surface area contributed by atoms with Crippen molar-refractivity contribution in [1.82, 2.24) is 19.9 Å². The molecule has 0 fully saturated rings. The van der Waals surface area contributed by atoms with Crippen molar-refractivity contribution >= 4 is 10.9 Å². The lowest BCUT2D eigenvalue weighted by Gasteiger charge is -2.24. The molecular weight excluding hydrogens is 264 g/mol. The van der Waals surface area contributed by atoms with Gasteiger partial charge in [0.15, 0.2) is 0 Å². The minimum atomic E-state index is 0.683. The van der Waals surface area contributed by atoms with Gasteiger partial charge in [-0.1, -0.05) is 0 Å². The molecule has 0 saturated heterocycles. The summed E-state index contributed by atoms with van der Waals surface area (Å²) in [4.78, 5) is 14.1. The SMILES string of the molecule is CN1CCc2c(ncnc2Oc2ccc3[nH]ccc3c2)C1. The van der Waals surface area contributed by atoms with Crippen LogP contribution < -0.4 is 4.74 Å². The number of aromatic nitrogens is 3. The Labute approximate surface area is 122 Å². The van der Waals surface area contributed by atoms with Gasteiger partial charge in [-0.25, -0.2) is 9.97 Å². The van der Waals surface area contributed by atoms with Crippen LogP contribution in [0.15, 0.2) is 36.8 Å². The van der Waals surface area contributed by atoms with Gasteiger partial charge < -0.3 is 14.6 Å². The average molecular weight is 280 g/mol. The summed E-state index contributed by atoms with van der Waals surface area (Å²) >= 11 is 0. The number of ether oxygens (including phenoxy) is 1. The second-order valence-electron chi connectivity index (χ2n) is 5.42. The number of hydrogen-bond donors (Lipinski definition) is 1. The molecule has 2 aromatic heterocycles. The van der Waals surface area contributed by atoms with Gasteiger partial charge in [-0.05, 0) is 37.7 Å². The number of likely N-dealkylation sites (N-methyl/N-ethyl adjacent to an activating group) is 1. The summed E-state index contributed by atoms with van der Waals surface area (Å²) < 4.78 is 6.01. The standard InChI is InChI=1S/C16H16N4O/c1-20-7-5-13-15(9-20)18-10-19-16(13)21-12-2-3-14-11(8-12)4-6-17-14/h2-4,6,8,10,17H,5,7,9H2,1H3. The maximum Gasteiger partial charge on any atom is 0.225 e. The third kappa shape index (κ3) is 2.25. The molecule has 3 heterocycles. The minimum absolute atomic E-state index is 0.683. The number of hydrogen-bond acceptors (Lipinski definition) is 4. The van der Waals surface area contributed by atoms with Crippen molar-refractivity contribution < 1.29 is 4.74 Å². The Balaban J connectivity index is 1.69. The number of nitrogens with zero attached hydrogens (tertiary/aromatic N) is 3. The van der Waals surface area contributed by atoms with E-state index < -0.39 is 0 Å². The lowest BCUT2D eigenvalue weighted by Crippen LogP contribution is -2.27. The van der Waals surface area contributed by atoms with Crippen LogP contribution in [0, 0.1) is 0 Å². The third-order valence-corrected chi connectivity index (χ3v) is 3.90. The van der Waals surface area contributed by atoms with Crippen molar-refractivity contribution in [2.75, 3.05) is 13.6 Å². The van der Waals surface area contributed by atoms with Crippen molar-refractivity contribution in [1.29, 1.82) is 0 Å². The Bertz CT molecular complexity index is 796. The fourth-order valence-corrected chi connectivity index (χ4v) is 2.75. The fourth-order valence-electron chi connectivity index (χ4n) is 2.75. The minimum Gasteiger partial charge on any atom is -0.439 e. The molecule has 0 radical (unpaired) electrons. The molecule has 21 heavy (non-hydrogen) atoms. The van der Waals surface area contributed by atoms with E-state index >= 15 is 0 Å².